The second-order valence-corrected chi connectivity index (χ2v) is 5.02. The minimum atomic E-state index is -0.664. The van der Waals surface area contributed by atoms with Gasteiger partial charge in [-0.2, -0.15) is 0 Å². The van der Waals surface area contributed by atoms with Crippen molar-refractivity contribution >= 4 is 11.9 Å². The Kier molecular flexibility index (Phi) is 12.9. The summed E-state index contributed by atoms with van der Waals surface area (Å²) in [4.78, 5) is 21.4. The van der Waals surface area contributed by atoms with Crippen LogP contribution in [-0.4, -0.2) is 48.6 Å². The number of aliphatic hydroxyl groups excluding tert-OH is 2. The van der Waals surface area contributed by atoms with Gasteiger partial charge in [-0.05, 0) is 34.1 Å². The molecule has 6 nitrogen and oxygen atoms in total. The maximum atomic E-state index is 11.2. The van der Waals surface area contributed by atoms with Gasteiger partial charge < -0.3 is 19.7 Å². The number of aliphatic hydroxyl groups is 2. The summed E-state index contributed by atoms with van der Waals surface area (Å²) in [7, 11) is 2.63. The molecule has 0 saturated heterocycles. The van der Waals surface area contributed by atoms with Crippen LogP contribution >= 0.6 is 0 Å². The molecule has 0 aromatic heterocycles. The molecule has 6 heteroatoms. The predicted molar refractivity (Wildman–Crippen MR) is 79.5 cm³/mol. The zero-order valence-electron chi connectivity index (χ0n) is 13.8. The second kappa shape index (κ2) is 12.3. The van der Waals surface area contributed by atoms with Crippen LogP contribution in [0.3, 0.4) is 0 Å². The Hall–Kier alpha value is -1.40. The standard InChI is InChI=1S/C10H18O3.C5H10O3/c1-7(2)5-6-9(8(3)11)10(12)13-4;1-4(6)3-5(7)8-2/h5,8-9,11H,6H2,1-4H3;4,6H,3H2,1-2H3/t8-,9-;4-/m00/s1. The topological polar surface area (TPSA) is 93.1 Å². The Morgan fingerprint density at radius 1 is 1.10 bits per heavy atom. The average Bonchev–Trinajstić information content (AvgIpc) is 2.37. The molecule has 124 valence electrons. The molecule has 2 N–H and O–H groups in total. The van der Waals surface area contributed by atoms with Crippen molar-refractivity contribution in [3.05, 3.63) is 11.6 Å². The molecule has 0 saturated carbocycles. The fourth-order valence-electron chi connectivity index (χ4n) is 1.33. The molecule has 0 amide bonds. The minimum absolute atomic E-state index is 0.0799. The van der Waals surface area contributed by atoms with Gasteiger partial charge in [-0.1, -0.05) is 11.6 Å². The Bertz CT molecular complexity index is 329. The van der Waals surface area contributed by atoms with Crippen LogP contribution < -0.4 is 0 Å². The molecule has 0 aromatic rings. The summed E-state index contributed by atoms with van der Waals surface area (Å²) in [6, 6.07) is 0. The largest absolute Gasteiger partial charge is 0.469 e. The lowest BCUT2D eigenvalue weighted by Gasteiger charge is -2.15. The van der Waals surface area contributed by atoms with Crippen molar-refractivity contribution in [2.45, 2.75) is 52.7 Å². The molecule has 0 unspecified atom stereocenters. The number of carbonyl (C=O) groups is 2. The molecule has 0 spiro atoms. The van der Waals surface area contributed by atoms with E-state index in [9.17, 15) is 14.7 Å². The van der Waals surface area contributed by atoms with Crippen LogP contribution in [0.2, 0.25) is 0 Å². The first-order chi connectivity index (χ1) is 9.65. The highest BCUT2D eigenvalue weighted by Crippen LogP contribution is 2.13. The predicted octanol–water partition coefficient (Wildman–Crippen LogP) is 1.44. The fourth-order valence-corrected chi connectivity index (χ4v) is 1.33. The SMILES string of the molecule is COC(=O)C[C@H](C)O.COC(=O)[C@@H](CC=C(C)C)[C@H](C)O. The zero-order valence-corrected chi connectivity index (χ0v) is 13.8. The summed E-state index contributed by atoms with van der Waals surface area (Å²) in [5, 5.41) is 17.8. The summed E-state index contributed by atoms with van der Waals surface area (Å²) in [6.45, 7) is 7.05. The van der Waals surface area contributed by atoms with Gasteiger partial charge in [-0.15, -0.1) is 0 Å². The van der Waals surface area contributed by atoms with E-state index >= 15 is 0 Å². The van der Waals surface area contributed by atoms with E-state index in [0.717, 1.165) is 5.57 Å². The highest BCUT2D eigenvalue weighted by atomic mass is 16.5. The fraction of sp³-hybridized carbons (Fsp3) is 0.733. The molecular formula is C15H28O6. The minimum Gasteiger partial charge on any atom is -0.469 e. The maximum Gasteiger partial charge on any atom is 0.311 e. The van der Waals surface area contributed by atoms with Crippen molar-refractivity contribution in [3.8, 4) is 0 Å². The molecule has 0 bridgehead atoms. The van der Waals surface area contributed by atoms with Crippen molar-refractivity contribution in [2.75, 3.05) is 14.2 Å². The first-order valence-corrected chi connectivity index (χ1v) is 6.79. The highest BCUT2D eigenvalue weighted by molar-refractivity contribution is 5.73. The molecule has 0 aliphatic carbocycles. The van der Waals surface area contributed by atoms with Crippen molar-refractivity contribution in [1.29, 1.82) is 0 Å². The van der Waals surface area contributed by atoms with Crippen molar-refractivity contribution in [3.63, 3.8) is 0 Å². The molecule has 0 aromatic carbocycles. The van der Waals surface area contributed by atoms with Gasteiger partial charge in [0.1, 0.15) is 0 Å². The van der Waals surface area contributed by atoms with E-state index in [1.54, 1.807) is 6.92 Å². The number of carbonyl (C=O) groups excluding carboxylic acids is 2. The van der Waals surface area contributed by atoms with E-state index in [0.29, 0.717) is 6.42 Å². The molecule has 3 atom stereocenters. The van der Waals surface area contributed by atoms with Crippen molar-refractivity contribution in [1.82, 2.24) is 0 Å². The molecule has 0 heterocycles. The van der Waals surface area contributed by atoms with E-state index in [1.807, 2.05) is 19.9 Å². The first kappa shape index (κ1) is 21.9. The van der Waals surface area contributed by atoms with E-state index in [1.165, 1.54) is 21.1 Å². The third-order valence-electron chi connectivity index (χ3n) is 2.56. The number of hydrogen-bond acceptors (Lipinski definition) is 6. The monoisotopic (exact) mass is 304 g/mol. The number of hydrogen-bond donors (Lipinski definition) is 2. The highest BCUT2D eigenvalue weighted by Gasteiger charge is 2.22. The smallest absolute Gasteiger partial charge is 0.311 e. The van der Waals surface area contributed by atoms with Crippen molar-refractivity contribution in [2.24, 2.45) is 5.92 Å². The summed E-state index contributed by atoms with van der Waals surface area (Å²) < 4.78 is 8.84. The lowest BCUT2D eigenvalue weighted by atomic mass is 9.99. The zero-order chi connectivity index (χ0) is 17.0. The number of esters is 2. The van der Waals surface area contributed by atoms with Crippen molar-refractivity contribution < 1.29 is 29.3 Å². The normalized spacial score (nSPS) is 13.9. The van der Waals surface area contributed by atoms with E-state index < -0.39 is 18.1 Å². The van der Waals surface area contributed by atoms with Gasteiger partial charge in [0, 0.05) is 0 Å². The number of rotatable bonds is 6. The summed E-state index contributed by atoms with van der Waals surface area (Å²) in [6.07, 6.45) is 1.28. The molecule has 0 aliphatic rings. The average molecular weight is 304 g/mol. The van der Waals surface area contributed by atoms with Gasteiger partial charge in [0.15, 0.2) is 0 Å². The second-order valence-electron chi connectivity index (χ2n) is 5.02. The Labute approximate surface area is 126 Å². The van der Waals surface area contributed by atoms with E-state index in [2.05, 4.69) is 9.47 Å². The lowest BCUT2D eigenvalue weighted by molar-refractivity contribution is -0.149. The van der Waals surface area contributed by atoms with Crippen LogP contribution in [0, 0.1) is 5.92 Å². The van der Waals surface area contributed by atoms with Gasteiger partial charge >= 0.3 is 11.9 Å². The third kappa shape index (κ3) is 13.3. The molecule has 0 rings (SSSR count). The van der Waals surface area contributed by atoms with Crippen LogP contribution in [0.15, 0.2) is 11.6 Å². The summed E-state index contributed by atoms with van der Waals surface area (Å²) in [5.74, 6) is -1.17. The van der Waals surface area contributed by atoms with Crippen LogP contribution in [0.1, 0.15) is 40.5 Å². The summed E-state index contributed by atoms with van der Waals surface area (Å²) >= 11 is 0. The number of allylic oxidation sites excluding steroid dienone is 2. The van der Waals surface area contributed by atoms with Gasteiger partial charge in [-0.25, -0.2) is 0 Å². The van der Waals surface area contributed by atoms with E-state index in [4.69, 9.17) is 5.11 Å². The Morgan fingerprint density at radius 2 is 1.62 bits per heavy atom. The Morgan fingerprint density at radius 3 is 1.86 bits per heavy atom. The lowest BCUT2D eigenvalue weighted by Crippen LogP contribution is -2.26. The van der Waals surface area contributed by atoms with E-state index in [-0.39, 0.29) is 18.4 Å². The molecule has 0 radical (unpaired) electrons. The van der Waals surface area contributed by atoms with Crippen LogP contribution in [-0.2, 0) is 19.1 Å². The maximum absolute atomic E-state index is 11.2. The molecule has 0 aliphatic heterocycles. The third-order valence-corrected chi connectivity index (χ3v) is 2.56. The molecule has 21 heavy (non-hydrogen) atoms. The summed E-state index contributed by atoms with van der Waals surface area (Å²) in [5.41, 5.74) is 1.13. The quantitative estimate of drug-likeness (QED) is 0.570. The van der Waals surface area contributed by atoms with Gasteiger partial charge in [0.05, 0.1) is 38.8 Å². The first-order valence-electron chi connectivity index (χ1n) is 6.79. The Balaban J connectivity index is 0. The molecule has 0 fully saturated rings. The van der Waals surface area contributed by atoms with Gasteiger partial charge in [0.2, 0.25) is 0 Å². The van der Waals surface area contributed by atoms with Gasteiger partial charge in [0.25, 0.3) is 0 Å². The van der Waals surface area contributed by atoms with Crippen LogP contribution in [0.25, 0.3) is 0 Å². The van der Waals surface area contributed by atoms with Crippen LogP contribution in [0.4, 0.5) is 0 Å². The van der Waals surface area contributed by atoms with Gasteiger partial charge in [-0.3, -0.25) is 9.59 Å². The number of methoxy groups -OCH3 is 2. The molecular weight excluding hydrogens is 276 g/mol. The number of ether oxygens (including phenoxy) is 2. The van der Waals surface area contributed by atoms with Crippen LogP contribution in [0.5, 0.6) is 0 Å².